The molecule has 0 aliphatic heterocycles. The summed E-state index contributed by atoms with van der Waals surface area (Å²) in [5.74, 6) is 0.743. The molecule has 2 N–H and O–H groups in total. The van der Waals surface area contributed by atoms with E-state index in [4.69, 9.17) is 0 Å². The molecule has 2 aliphatic rings. The topological polar surface area (TPSA) is 41.1 Å². The van der Waals surface area contributed by atoms with Crippen molar-refractivity contribution in [1.82, 2.24) is 5.32 Å². The van der Waals surface area contributed by atoms with Gasteiger partial charge in [-0.1, -0.05) is 38.5 Å². The number of carbonyl (C=O) groups is 1. The minimum atomic E-state index is -0.0755. The number of rotatable bonds is 2. The molecule has 114 valence electrons. The highest BCUT2D eigenvalue weighted by Crippen LogP contribution is 2.65. The van der Waals surface area contributed by atoms with Crippen LogP contribution in [0.1, 0.15) is 45.6 Å². The highest BCUT2D eigenvalue weighted by Gasteiger charge is 2.61. The molecule has 0 spiro atoms. The fourth-order valence-electron chi connectivity index (χ4n) is 4.38. The molecule has 2 saturated carbocycles. The molecule has 1 aromatic carbocycles. The molecule has 3 atom stereocenters. The first kappa shape index (κ1) is 14.4. The quantitative estimate of drug-likeness (QED) is 0.834. The van der Waals surface area contributed by atoms with E-state index in [-0.39, 0.29) is 17.5 Å². The maximum Gasteiger partial charge on any atom is 0.319 e. The predicted molar refractivity (Wildman–Crippen MR) is 86.4 cm³/mol. The predicted octanol–water partition coefficient (Wildman–Crippen LogP) is 4.33. The Kier molecular flexibility index (Phi) is 3.27. The van der Waals surface area contributed by atoms with E-state index in [1.165, 1.54) is 18.4 Å². The van der Waals surface area contributed by atoms with Gasteiger partial charge in [0.2, 0.25) is 0 Å². The van der Waals surface area contributed by atoms with Crippen molar-refractivity contribution in [2.24, 2.45) is 16.7 Å². The van der Waals surface area contributed by atoms with E-state index in [9.17, 15) is 4.79 Å². The van der Waals surface area contributed by atoms with Crippen molar-refractivity contribution in [3.05, 3.63) is 29.8 Å². The molecule has 3 rings (SSSR count). The van der Waals surface area contributed by atoms with Crippen LogP contribution in [0.2, 0.25) is 0 Å². The van der Waals surface area contributed by atoms with E-state index in [0.717, 1.165) is 18.0 Å². The van der Waals surface area contributed by atoms with Gasteiger partial charge in [-0.15, -0.1) is 0 Å². The van der Waals surface area contributed by atoms with Gasteiger partial charge in [0.05, 0.1) is 0 Å². The number of hydrogen-bond acceptors (Lipinski definition) is 1. The maximum absolute atomic E-state index is 12.3. The zero-order valence-corrected chi connectivity index (χ0v) is 13.5. The molecule has 3 nitrogen and oxygen atoms in total. The van der Waals surface area contributed by atoms with Crippen LogP contribution >= 0.6 is 0 Å². The summed E-state index contributed by atoms with van der Waals surface area (Å²) < 4.78 is 0. The fraction of sp³-hybridized carbons (Fsp3) is 0.611. The molecule has 0 aromatic heterocycles. The molecule has 0 heterocycles. The molecule has 1 aromatic rings. The summed E-state index contributed by atoms with van der Waals surface area (Å²) in [6.45, 7) is 9.12. The standard InChI is InChI=1S/C18H26N2O/c1-12-5-7-14(8-6-12)19-16(21)20-15-11-13-9-10-18(15,4)17(13,2)3/h5-8,13,15H,9-11H2,1-4H3,(H2,19,20,21)/t13-,15+,18-/m0/s1. The van der Waals surface area contributed by atoms with Crippen LogP contribution in [0.5, 0.6) is 0 Å². The van der Waals surface area contributed by atoms with Gasteiger partial charge in [-0.05, 0) is 55.1 Å². The van der Waals surface area contributed by atoms with Gasteiger partial charge in [0, 0.05) is 11.7 Å². The molecule has 0 saturated heterocycles. The lowest BCUT2D eigenvalue weighted by atomic mass is 9.69. The summed E-state index contributed by atoms with van der Waals surface area (Å²) in [6, 6.07) is 8.13. The Balaban J connectivity index is 1.65. The number of nitrogens with one attached hydrogen (secondary N) is 2. The molecular weight excluding hydrogens is 260 g/mol. The molecule has 2 aliphatic carbocycles. The zero-order chi connectivity index (χ0) is 15.3. The Hall–Kier alpha value is -1.51. The van der Waals surface area contributed by atoms with E-state index >= 15 is 0 Å². The van der Waals surface area contributed by atoms with E-state index in [1.54, 1.807) is 0 Å². The molecule has 0 radical (unpaired) electrons. The van der Waals surface area contributed by atoms with Crippen LogP contribution in [0.4, 0.5) is 10.5 Å². The molecule has 3 heteroatoms. The molecule has 2 amide bonds. The number of hydrogen-bond donors (Lipinski definition) is 2. The van der Waals surface area contributed by atoms with Gasteiger partial charge < -0.3 is 10.6 Å². The van der Waals surface area contributed by atoms with E-state index in [0.29, 0.717) is 5.41 Å². The van der Waals surface area contributed by atoms with Crippen LogP contribution < -0.4 is 10.6 Å². The molecule has 2 fully saturated rings. The monoisotopic (exact) mass is 286 g/mol. The largest absolute Gasteiger partial charge is 0.335 e. The summed E-state index contributed by atoms with van der Waals surface area (Å²) in [7, 11) is 0. The van der Waals surface area contributed by atoms with Crippen molar-refractivity contribution in [3.63, 3.8) is 0 Å². The third kappa shape index (κ3) is 2.23. The van der Waals surface area contributed by atoms with Crippen molar-refractivity contribution in [2.45, 2.75) is 53.0 Å². The smallest absolute Gasteiger partial charge is 0.319 e. The lowest BCUT2D eigenvalue weighted by Gasteiger charge is -2.39. The van der Waals surface area contributed by atoms with Gasteiger partial charge in [0.25, 0.3) is 0 Å². The molecule has 21 heavy (non-hydrogen) atoms. The maximum atomic E-state index is 12.3. The summed E-state index contributed by atoms with van der Waals surface area (Å²) in [6.07, 6.45) is 3.65. The van der Waals surface area contributed by atoms with Gasteiger partial charge in [-0.2, -0.15) is 0 Å². The van der Waals surface area contributed by atoms with Crippen LogP contribution in [-0.4, -0.2) is 12.1 Å². The zero-order valence-electron chi connectivity index (χ0n) is 13.5. The number of carbonyl (C=O) groups excluding carboxylic acids is 1. The summed E-state index contributed by atoms with van der Waals surface area (Å²) in [4.78, 5) is 12.3. The minimum Gasteiger partial charge on any atom is -0.335 e. The normalized spacial score (nSPS) is 33.0. The van der Waals surface area contributed by atoms with E-state index < -0.39 is 0 Å². The van der Waals surface area contributed by atoms with Crippen molar-refractivity contribution >= 4 is 11.7 Å². The van der Waals surface area contributed by atoms with E-state index in [1.807, 2.05) is 31.2 Å². The Bertz CT molecular complexity index is 549. The van der Waals surface area contributed by atoms with Crippen molar-refractivity contribution in [1.29, 1.82) is 0 Å². The number of amides is 2. The van der Waals surface area contributed by atoms with Gasteiger partial charge in [0.1, 0.15) is 0 Å². The highest BCUT2D eigenvalue weighted by molar-refractivity contribution is 5.89. The van der Waals surface area contributed by atoms with Gasteiger partial charge >= 0.3 is 6.03 Å². The van der Waals surface area contributed by atoms with Gasteiger partial charge in [-0.3, -0.25) is 0 Å². The first-order valence-electron chi connectivity index (χ1n) is 7.97. The Morgan fingerprint density at radius 1 is 1.19 bits per heavy atom. The average Bonchev–Trinajstić information content (AvgIpc) is 2.74. The second-order valence-electron chi connectivity index (χ2n) is 7.63. The molecular formula is C18H26N2O. The number of anilines is 1. The second kappa shape index (κ2) is 4.75. The Morgan fingerprint density at radius 3 is 2.38 bits per heavy atom. The van der Waals surface area contributed by atoms with Gasteiger partial charge in [-0.25, -0.2) is 4.79 Å². The SMILES string of the molecule is Cc1ccc(NC(=O)N[C@@H]2C[C@@H]3CC[C@]2(C)C3(C)C)cc1. The number of benzene rings is 1. The Morgan fingerprint density at radius 2 is 1.86 bits per heavy atom. The lowest BCUT2D eigenvalue weighted by molar-refractivity contribution is 0.125. The molecule has 0 unspecified atom stereocenters. The third-order valence-electron chi connectivity index (χ3n) is 6.41. The van der Waals surface area contributed by atoms with E-state index in [2.05, 4.69) is 31.4 Å². The summed E-state index contributed by atoms with van der Waals surface area (Å²) >= 11 is 0. The first-order valence-corrected chi connectivity index (χ1v) is 7.97. The highest BCUT2D eigenvalue weighted by atomic mass is 16.2. The minimum absolute atomic E-state index is 0.0755. The number of urea groups is 1. The summed E-state index contributed by atoms with van der Waals surface area (Å²) in [5, 5.41) is 6.17. The fourth-order valence-corrected chi connectivity index (χ4v) is 4.38. The van der Waals surface area contributed by atoms with Crippen LogP contribution in [0.3, 0.4) is 0 Å². The first-order chi connectivity index (χ1) is 9.83. The van der Waals surface area contributed by atoms with Crippen LogP contribution in [0, 0.1) is 23.7 Å². The Labute approximate surface area is 127 Å². The number of aryl methyl sites for hydroxylation is 1. The van der Waals surface area contributed by atoms with Crippen LogP contribution in [0.25, 0.3) is 0 Å². The third-order valence-corrected chi connectivity index (χ3v) is 6.41. The summed E-state index contributed by atoms with van der Waals surface area (Å²) in [5.41, 5.74) is 2.60. The molecule has 2 bridgehead atoms. The van der Waals surface area contributed by atoms with Crippen LogP contribution in [-0.2, 0) is 0 Å². The van der Waals surface area contributed by atoms with Crippen molar-refractivity contribution in [2.75, 3.05) is 5.32 Å². The second-order valence-corrected chi connectivity index (χ2v) is 7.63. The van der Waals surface area contributed by atoms with Crippen molar-refractivity contribution in [3.8, 4) is 0 Å². The van der Waals surface area contributed by atoms with Crippen molar-refractivity contribution < 1.29 is 4.79 Å². The average molecular weight is 286 g/mol. The number of fused-ring (bicyclic) bond motifs is 2. The lowest BCUT2D eigenvalue weighted by Crippen LogP contribution is -2.48. The van der Waals surface area contributed by atoms with Crippen LogP contribution in [0.15, 0.2) is 24.3 Å². The van der Waals surface area contributed by atoms with Gasteiger partial charge in [0.15, 0.2) is 0 Å².